The summed E-state index contributed by atoms with van der Waals surface area (Å²) < 4.78 is 0. The van der Waals surface area contributed by atoms with Gasteiger partial charge in [0.1, 0.15) is 11.1 Å². The highest BCUT2D eigenvalue weighted by molar-refractivity contribution is 5.95. The minimum absolute atomic E-state index is 0.345. The molecule has 146 valence electrons. The molecule has 0 heterocycles. The number of carboxylic acid groups (broad SMARTS) is 2. The van der Waals surface area contributed by atoms with Crippen LogP contribution in [-0.4, -0.2) is 39.1 Å². The van der Waals surface area contributed by atoms with Gasteiger partial charge in [0.25, 0.3) is 0 Å². The average molecular weight is 375 g/mol. The van der Waals surface area contributed by atoms with Crippen molar-refractivity contribution in [2.75, 3.05) is 5.32 Å². The zero-order valence-electron chi connectivity index (χ0n) is 15.5. The first-order chi connectivity index (χ1) is 12.4. The molecule has 0 saturated carbocycles. The lowest BCUT2D eigenvalue weighted by Crippen LogP contribution is -2.47. The maximum atomic E-state index is 11.1. The van der Waals surface area contributed by atoms with Crippen molar-refractivity contribution < 1.29 is 24.6 Å². The molecule has 0 spiro atoms. The zero-order valence-corrected chi connectivity index (χ0v) is 15.5. The van der Waals surface area contributed by atoms with Crippen LogP contribution in [-0.2, 0) is 14.4 Å². The van der Waals surface area contributed by atoms with Gasteiger partial charge in [0.05, 0.1) is 6.42 Å². The molecule has 0 aliphatic rings. The summed E-state index contributed by atoms with van der Waals surface area (Å²) >= 11 is 0. The summed E-state index contributed by atoms with van der Waals surface area (Å²) in [6.45, 7) is 4.54. The number of fused-ring (bicyclic) bond motifs is 1. The number of primary amides is 1. The highest BCUT2D eigenvalue weighted by atomic mass is 16.4. The van der Waals surface area contributed by atoms with E-state index in [9.17, 15) is 14.4 Å². The predicted molar refractivity (Wildman–Crippen MR) is 103 cm³/mol. The van der Waals surface area contributed by atoms with Gasteiger partial charge in [0, 0.05) is 11.1 Å². The van der Waals surface area contributed by atoms with Crippen LogP contribution in [0, 0.1) is 0 Å². The third-order valence-corrected chi connectivity index (χ3v) is 3.80. The first-order valence-electron chi connectivity index (χ1n) is 8.17. The molecule has 1 amide bonds. The summed E-state index contributed by atoms with van der Waals surface area (Å²) in [5, 5.41) is 22.7. The Morgan fingerprint density at radius 1 is 0.963 bits per heavy atom. The quantitative estimate of drug-likeness (QED) is 0.515. The van der Waals surface area contributed by atoms with E-state index in [0.29, 0.717) is 0 Å². The predicted octanol–water partition coefficient (Wildman–Crippen LogP) is 1.78. The number of nitrogens with one attached hydrogen (secondary N) is 1. The van der Waals surface area contributed by atoms with Gasteiger partial charge in [-0.2, -0.15) is 0 Å². The fraction of sp³-hybridized carbons (Fsp3) is 0.316. The van der Waals surface area contributed by atoms with Gasteiger partial charge in [-0.15, -0.1) is 0 Å². The molecular weight excluding hydrogens is 350 g/mol. The molecule has 7 N–H and O–H groups in total. The Balaban J connectivity index is 0.000000314. The van der Waals surface area contributed by atoms with Gasteiger partial charge in [-0.05, 0) is 32.2 Å². The van der Waals surface area contributed by atoms with Crippen LogP contribution in [0.5, 0.6) is 0 Å². The van der Waals surface area contributed by atoms with Gasteiger partial charge in [-0.1, -0.05) is 36.4 Å². The van der Waals surface area contributed by atoms with Gasteiger partial charge in [0.2, 0.25) is 5.91 Å². The molecule has 1 atom stereocenters. The molecule has 2 aromatic carbocycles. The van der Waals surface area contributed by atoms with E-state index in [1.54, 1.807) is 13.8 Å². The third kappa shape index (κ3) is 6.27. The molecule has 2 aromatic rings. The Kier molecular flexibility index (Phi) is 6.90. The number of hydrogen-bond acceptors (Lipinski definition) is 5. The maximum absolute atomic E-state index is 11.1. The first-order valence-corrected chi connectivity index (χ1v) is 8.17. The van der Waals surface area contributed by atoms with E-state index < -0.39 is 28.9 Å². The first kappa shape index (κ1) is 21.9. The Morgan fingerprint density at radius 3 is 2.00 bits per heavy atom. The van der Waals surface area contributed by atoms with Crippen LogP contribution < -0.4 is 16.8 Å². The van der Waals surface area contributed by atoms with Gasteiger partial charge < -0.3 is 27.0 Å². The SMILES string of the molecule is CC(C)(Nc1cccc2ccccc12)C(=O)O.C[C@](N)(CC(N)=O)C(=O)O. The van der Waals surface area contributed by atoms with E-state index >= 15 is 0 Å². The molecule has 0 fully saturated rings. The molecule has 0 saturated heterocycles. The number of hydrogen-bond donors (Lipinski definition) is 5. The van der Waals surface area contributed by atoms with Gasteiger partial charge in [0.15, 0.2) is 0 Å². The van der Waals surface area contributed by atoms with Crippen molar-refractivity contribution in [2.24, 2.45) is 11.5 Å². The topological polar surface area (TPSA) is 156 Å². The lowest BCUT2D eigenvalue weighted by Gasteiger charge is -2.23. The number of benzene rings is 2. The molecule has 8 heteroatoms. The maximum Gasteiger partial charge on any atom is 0.328 e. The molecule has 0 bridgehead atoms. The van der Waals surface area contributed by atoms with Crippen LogP contribution in [0.4, 0.5) is 5.69 Å². The van der Waals surface area contributed by atoms with E-state index in [-0.39, 0.29) is 6.42 Å². The fourth-order valence-corrected chi connectivity index (χ4v) is 2.16. The highest BCUT2D eigenvalue weighted by Crippen LogP contribution is 2.25. The number of carboxylic acids is 2. The summed E-state index contributed by atoms with van der Waals surface area (Å²) in [6, 6.07) is 13.7. The van der Waals surface area contributed by atoms with Crippen molar-refractivity contribution in [3.8, 4) is 0 Å². The Bertz CT molecular complexity index is 841. The van der Waals surface area contributed by atoms with Crippen LogP contribution in [0.25, 0.3) is 10.8 Å². The summed E-state index contributed by atoms with van der Waals surface area (Å²) in [4.78, 5) is 31.5. The second-order valence-electron chi connectivity index (χ2n) is 6.95. The van der Waals surface area contributed by atoms with Crippen molar-refractivity contribution in [1.29, 1.82) is 0 Å². The summed E-state index contributed by atoms with van der Waals surface area (Å²) in [5.41, 5.74) is 8.22. The number of aliphatic carboxylic acids is 2. The summed E-state index contributed by atoms with van der Waals surface area (Å²) in [7, 11) is 0. The highest BCUT2D eigenvalue weighted by Gasteiger charge is 2.29. The average Bonchev–Trinajstić information content (AvgIpc) is 2.54. The molecule has 0 aliphatic carbocycles. The van der Waals surface area contributed by atoms with Gasteiger partial charge in [-0.3, -0.25) is 9.59 Å². The largest absolute Gasteiger partial charge is 0.480 e. The molecule has 0 radical (unpaired) electrons. The van der Waals surface area contributed by atoms with Crippen molar-refractivity contribution >= 4 is 34.3 Å². The minimum atomic E-state index is -1.54. The molecule has 0 unspecified atom stereocenters. The van der Waals surface area contributed by atoms with Crippen molar-refractivity contribution in [3.05, 3.63) is 42.5 Å². The summed E-state index contributed by atoms with van der Waals surface area (Å²) in [5.74, 6) is -2.82. The zero-order chi connectivity index (χ0) is 20.8. The van der Waals surface area contributed by atoms with Crippen LogP contribution in [0.2, 0.25) is 0 Å². The standard InChI is InChI=1S/C14H15NO2.C5H10N2O3/c1-14(2,13(16)17)15-12-9-5-7-10-6-3-4-8-11(10)12;1-5(7,4(9)10)2-3(6)8/h3-9,15H,1-2H3,(H,16,17);2,7H2,1H3,(H2,6,8)(H,9,10)/t;5-/m.0/s1. The van der Waals surface area contributed by atoms with Crippen LogP contribution in [0.1, 0.15) is 27.2 Å². The lowest BCUT2D eigenvalue weighted by atomic mass is 10.00. The van der Waals surface area contributed by atoms with Crippen molar-refractivity contribution in [3.63, 3.8) is 0 Å². The van der Waals surface area contributed by atoms with E-state index in [1.807, 2.05) is 42.5 Å². The van der Waals surface area contributed by atoms with Crippen LogP contribution in [0.15, 0.2) is 42.5 Å². The smallest absolute Gasteiger partial charge is 0.328 e. The van der Waals surface area contributed by atoms with E-state index in [2.05, 4.69) is 5.32 Å². The second kappa shape index (κ2) is 8.50. The molecule has 27 heavy (non-hydrogen) atoms. The Morgan fingerprint density at radius 2 is 1.52 bits per heavy atom. The van der Waals surface area contributed by atoms with Crippen molar-refractivity contribution in [1.82, 2.24) is 0 Å². The normalized spacial score (nSPS) is 13.0. The summed E-state index contributed by atoms with van der Waals surface area (Å²) in [6.07, 6.45) is -0.345. The molecule has 2 rings (SSSR count). The molecule has 0 aliphatic heterocycles. The van der Waals surface area contributed by atoms with E-state index in [4.69, 9.17) is 21.7 Å². The fourth-order valence-electron chi connectivity index (χ4n) is 2.16. The number of nitrogens with two attached hydrogens (primary N) is 2. The number of anilines is 1. The van der Waals surface area contributed by atoms with Crippen LogP contribution >= 0.6 is 0 Å². The Labute approximate surface area is 157 Å². The van der Waals surface area contributed by atoms with Gasteiger partial charge in [-0.25, -0.2) is 4.79 Å². The van der Waals surface area contributed by atoms with Crippen molar-refractivity contribution in [2.45, 2.75) is 38.3 Å². The monoisotopic (exact) mass is 375 g/mol. The van der Waals surface area contributed by atoms with E-state index in [0.717, 1.165) is 16.5 Å². The minimum Gasteiger partial charge on any atom is -0.480 e. The van der Waals surface area contributed by atoms with E-state index in [1.165, 1.54) is 6.92 Å². The number of carbonyl (C=O) groups is 3. The number of carbonyl (C=O) groups excluding carboxylic acids is 1. The third-order valence-electron chi connectivity index (χ3n) is 3.80. The lowest BCUT2D eigenvalue weighted by molar-refractivity contribution is -0.144. The molecule has 8 nitrogen and oxygen atoms in total. The Hall–Kier alpha value is -3.13. The van der Waals surface area contributed by atoms with Gasteiger partial charge >= 0.3 is 11.9 Å². The van der Waals surface area contributed by atoms with Crippen LogP contribution in [0.3, 0.4) is 0 Å². The number of amides is 1. The number of rotatable bonds is 6. The second-order valence-corrected chi connectivity index (χ2v) is 6.95. The molecule has 0 aromatic heterocycles. The molecular formula is C19H25N3O5.